The first kappa shape index (κ1) is 22.7. The predicted octanol–water partition coefficient (Wildman–Crippen LogP) is 1.76. The predicted molar refractivity (Wildman–Crippen MR) is 136 cm³/mol. The summed E-state index contributed by atoms with van der Waals surface area (Å²) >= 11 is 0. The van der Waals surface area contributed by atoms with E-state index in [9.17, 15) is 19.7 Å². The van der Waals surface area contributed by atoms with Gasteiger partial charge in [0.05, 0.1) is 16.7 Å². The molecule has 0 aliphatic carbocycles. The molecule has 182 valence electrons. The average Bonchev–Trinajstić information content (AvgIpc) is 3.49. The van der Waals surface area contributed by atoms with Gasteiger partial charge in [-0.2, -0.15) is 0 Å². The Labute approximate surface area is 203 Å². The van der Waals surface area contributed by atoms with E-state index in [1.807, 2.05) is 41.0 Å². The molecule has 1 aliphatic rings. The molecule has 2 amide bonds. The van der Waals surface area contributed by atoms with Crippen LogP contribution >= 0.6 is 0 Å². The van der Waals surface area contributed by atoms with Crippen molar-refractivity contribution in [2.45, 2.75) is 13.0 Å². The second kappa shape index (κ2) is 8.91. The number of anilines is 1. The average molecular weight is 486 g/mol. The molecular weight excluding hydrogens is 464 g/mol. The molecule has 1 aliphatic heterocycles. The van der Waals surface area contributed by atoms with Crippen LogP contribution in [-0.2, 0) is 16.1 Å². The molecule has 0 atom stereocenters. The second-order valence-corrected chi connectivity index (χ2v) is 8.26. The number of para-hydroxylation sites is 1. The molecule has 0 spiro atoms. The van der Waals surface area contributed by atoms with Gasteiger partial charge in [-0.1, -0.05) is 24.3 Å². The monoisotopic (exact) mass is 486 g/mol. The number of aryl methyl sites for hydroxylation is 1. The highest BCUT2D eigenvalue weighted by molar-refractivity contribution is 6.51. The molecule has 2 aromatic heterocycles. The molecule has 4 aromatic rings. The highest BCUT2D eigenvalue weighted by atomic mass is 16.7. The van der Waals surface area contributed by atoms with Crippen LogP contribution in [-0.4, -0.2) is 38.9 Å². The van der Waals surface area contributed by atoms with Crippen LogP contribution in [0.4, 0.5) is 5.69 Å². The van der Waals surface area contributed by atoms with Crippen molar-refractivity contribution in [2.24, 2.45) is 10.8 Å². The highest BCUT2D eigenvalue weighted by Gasteiger charge is 2.35. The molecule has 12 nitrogen and oxygen atoms in total. The van der Waals surface area contributed by atoms with Gasteiger partial charge in [0, 0.05) is 58.6 Å². The summed E-state index contributed by atoms with van der Waals surface area (Å²) in [5, 5.41) is 19.2. The Hall–Kier alpha value is -5.13. The number of aromatic amines is 1. The maximum Gasteiger partial charge on any atom is 0.266 e. The van der Waals surface area contributed by atoms with Crippen LogP contribution in [0.25, 0.3) is 33.0 Å². The van der Waals surface area contributed by atoms with Gasteiger partial charge < -0.3 is 26.3 Å². The number of nitrogens with two attached hydrogens (primary N) is 2. The first-order valence-corrected chi connectivity index (χ1v) is 11.1. The molecule has 0 saturated heterocycles. The van der Waals surface area contributed by atoms with Crippen molar-refractivity contribution in [1.29, 1.82) is 0 Å². The van der Waals surface area contributed by atoms with E-state index in [1.165, 1.54) is 0 Å². The Kier molecular flexibility index (Phi) is 5.60. The Morgan fingerprint density at radius 2 is 1.83 bits per heavy atom. The van der Waals surface area contributed by atoms with E-state index in [4.69, 9.17) is 11.5 Å². The summed E-state index contributed by atoms with van der Waals surface area (Å²) in [6.07, 6.45) is 4.08. The summed E-state index contributed by atoms with van der Waals surface area (Å²) in [4.78, 5) is 39.6. The summed E-state index contributed by atoms with van der Waals surface area (Å²) in [7, 11) is 0. The zero-order valence-electron chi connectivity index (χ0n) is 18.9. The van der Waals surface area contributed by atoms with E-state index in [2.05, 4.69) is 20.7 Å². The molecule has 7 N–H and O–H groups in total. The second-order valence-electron chi connectivity index (χ2n) is 8.26. The Bertz CT molecular complexity index is 1610. The molecular formula is C24H22N8O4. The number of guanidine groups is 1. The number of nitrogen functional groups attached to an aromatic ring is 1. The number of hydrogen-bond acceptors (Lipinski definition) is 5. The number of rotatable bonds is 7. The smallest absolute Gasteiger partial charge is 0.266 e. The molecule has 3 heterocycles. The van der Waals surface area contributed by atoms with Gasteiger partial charge in [-0.15, -0.1) is 0 Å². The van der Waals surface area contributed by atoms with Crippen LogP contribution < -0.4 is 22.1 Å². The topological polar surface area (TPSA) is 186 Å². The van der Waals surface area contributed by atoms with Crippen LogP contribution in [0.2, 0.25) is 0 Å². The van der Waals surface area contributed by atoms with Crippen LogP contribution in [0.15, 0.2) is 60.0 Å². The number of carbonyl (C=O) groups is 2. The van der Waals surface area contributed by atoms with Crippen LogP contribution in [0, 0.1) is 10.1 Å². The molecule has 0 bridgehead atoms. The normalized spacial score (nSPS) is 14.2. The molecule has 0 saturated carbocycles. The fourth-order valence-corrected chi connectivity index (χ4v) is 4.59. The zero-order chi connectivity index (χ0) is 25.4. The molecule has 36 heavy (non-hydrogen) atoms. The van der Waals surface area contributed by atoms with E-state index < -0.39 is 16.8 Å². The number of nitro groups is 1. The number of nitrogens with zero attached hydrogens (tertiary/aromatic N) is 3. The maximum atomic E-state index is 13.1. The van der Waals surface area contributed by atoms with E-state index in [0.717, 1.165) is 16.4 Å². The third-order valence-electron chi connectivity index (χ3n) is 6.07. The van der Waals surface area contributed by atoms with Gasteiger partial charge in [0.2, 0.25) is 0 Å². The molecule has 0 fully saturated rings. The number of hydrogen-bond donors (Lipinski definition) is 5. The number of imide groups is 1. The Balaban J connectivity index is 1.58. The van der Waals surface area contributed by atoms with E-state index in [1.54, 1.807) is 18.5 Å². The summed E-state index contributed by atoms with van der Waals surface area (Å²) in [6, 6.07) is 13.0. The lowest BCUT2D eigenvalue weighted by atomic mass is 9.95. The van der Waals surface area contributed by atoms with Gasteiger partial charge in [-0.25, -0.2) is 10.1 Å². The third-order valence-corrected chi connectivity index (χ3v) is 6.07. The fraction of sp³-hybridized carbons (Fsp3) is 0.125. The largest absolute Gasteiger partial charge is 0.398 e. The number of aromatic nitrogens is 2. The lowest BCUT2D eigenvalue weighted by Crippen LogP contribution is -2.33. The number of fused-ring (bicyclic) bond motifs is 2. The maximum absolute atomic E-state index is 13.1. The summed E-state index contributed by atoms with van der Waals surface area (Å²) in [5.74, 6) is -1.25. The molecule has 5 rings (SSSR count). The van der Waals surface area contributed by atoms with E-state index in [0.29, 0.717) is 41.7 Å². The number of nitrogens with one attached hydrogen (secondary N) is 3. The van der Waals surface area contributed by atoms with Gasteiger partial charge in [0.1, 0.15) is 5.10 Å². The van der Waals surface area contributed by atoms with Crippen LogP contribution in [0.5, 0.6) is 0 Å². The Morgan fingerprint density at radius 3 is 2.61 bits per heavy atom. The van der Waals surface area contributed by atoms with Crippen molar-refractivity contribution in [3.63, 3.8) is 0 Å². The lowest BCUT2D eigenvalue weighted by molar-refractivity contribution is -0.485. The fourth-order valence-electron chi connectivity index (χ4n) is 4.59. The van der Waals surface area contributed by atoms with Gasteiger partial charge in [0.25, 0.3) is 17.8 Å². The Morgan fingerprint density at radius 1 is 1.08 bits per heavy atom. The first-order chi connectivity index (χ1) is 17.3. The standard InChI is InChI=1S/C24H22N8O4/c25-16-6-3-8-18-19(16)15(12-31(18)10-4-9-27-24(26)30-32(35)36)21-20(22(33)29-23(21)34)14-11-28-17-7-2-1-5-13(14)17/h1-3,5-8,11-12,28H,4,9-10,25H2,(H3,26,27,30)(H,29,33,34). The zero-order valence-corrected chi connectivity index (χ0v) is 18.9. The van der Waals surface area contributed by atoms with Crippen molar-refractivity contribution < 1.29 is 14.6 Å². The number of benzene rings is 2. The van der Waals surface area contributed by atoms with Gasteiger partial charge in [-0.05, 0) is 24.6 Å². The van der Waals surface area contributed by atoms with Crippen molar-refractivity contribution in [1.82, 2.24) is 20.2 Å². The third kappa shape index (κ3) is 3.90. The van der Waals surface area contributed by atoms with Crippen molar-refractivity contribution >= 4 is 56.4 Å². The number of amides is 2. The first-order valence-electron chi connectivity index (χ1n) is 11.1. The summed E-state index contributed by atoms with van der Waals surface area (Å²) in [5.41, 5.74) is 15.6. The SMILES string of the molecule is NC(=N[N+](=O)[O-])NCCCn1cc(C2=C(c3c[nH]c4ccccc34)C(=O)NC2=O)c2c(N)cccc21. The van der Waals surface area contributed by atoms with Crippen LogP contribution in [0.3, 0.4) is 0 Å². The molecule has 12 heteroatoms. The van der Waals surface area contributed by atoms with Crippen LogP contribution in [0.1, 0.15) is 17.5 Å². The number of carbonyl (C=O) groups excluding carboxylic acids is 2. The molecule has 0 unspecified atom stereocenters. The highest BCUT2D eigenvalue weighted by Crippen LogP contribution is 2.39. The summed E-state index contributed by atoms with van der Waals surface area (Å²) < 4.78 is 1.93. The van der Waals surface area contributed by atoms with Crippen molar-refractivity contribution in [3.05, 3.63) is 76.1 Å². The number of H-pyrrole nitrogens is 1. The minimum Gasteiger partial charge on any atom is -0.398 e. The lowest BCUT2D eigenvalue weighted by Gasteiger charge is -2.06. The van der Waals surface area contributed by atoms with Gasteiger partial charge in [0.15, 0.2) is 5.03 Å². The van der Waals surface area contributed by atoms with Crippen molar-refractivity contribution in [3.8, 4) is 0 Å². The molecule has 2 aromatic carbocycles. The van der Waals surface area contributed by atoms with E-state index >= 15 is 0 Å². The summed E-state index contributed by atoms with van der Waals surface area (Å²) in [6.45, 7) is 0.826. The molecule has 0 radical (unpaired) electrons. The minimum absolute atomic E-state index is 0.256. The van der Waals surface area contributed by atoms with Crippen molar-refractivity contribution in [2.75, 3.05) is 12.3 Å². The van der Waals surface area contributed by atoms with Gasteiger partial charge >= 0.3 is 0 Å². The van der Waals surface area contributed by atoms with E-state index in [-0.39, 0.29) is 17.1 Å². The minimum atomic E-state index is -0.871. The number of hydrazone groups is 1. The quantitative estimate of drug-likeness (QED) is 0.0500. The van der Waals surface area contributed by atoms with Gasteiger partial charge in [-0.3, -0.25) is 14.9 Å².